The minimum Gasteiger partial charge on any atom is -0.333 e. The van der Waals surface area contributed by atoms with Crippen LogP contribution in [-0.2, 0) is 13.0 Å². The molecule has 1 amide bonds. The second kappa shape index (κ2) is 11.3. The molecule has 5 heteroatoms. The number of aryl methyl sites for hydroxylation is 1. The number of nitrogens with zero attached hydrogens (tertiary/aromatic N) is 3. The first-order valence-electron chi connectivity index (χ1n) is 12.4. The van der Waals surface area contributed by atoms with Gasteiger partial charge in [-0.3, -0.25) is 4.79 Å². The van der Waals surface area contributed by atoms with Crippen LogP contribution in [0.15, 0.2) is 115 Å². The zero-order valence-electron chi connectivity index (χ0n) is 20.7. The van der Waals surface area contributed by atoms with Crippen molar-refractivity contribution in [3.63, 3.8) is 0 Å². The van der Waals surface area contributed by atoms with Gasteiger partial charge >= 0.3 is 0 Å². The predicted molar refractivity (Wildman–Crippen MR) is 150 cm³/mol. The highest BCUT2D eigenvalue weighted by Gasteiger charge is 2.24. The molecule has 0 saturated heterocycles. The summed E-state index contributed by atoms with van der Waals surface area (Å²) in [5.74, 6) is -0.0776. The van der Waals surface area contributed by atoms with Gasteiger partial charge in [0, 0.05) is 18.7 Å². The first-order chi connectivity index (χ1) is 18.1. The molecule has 184 valence electrons. The van der Waals surface area contributed by atoms with Crippen molar-refractivity contribution in [1.82, 2.24) is 14.7 Å². The highest BCUT2D eigenvalue weighted by Crippen LogP contribution is 2.29. The summed E-state index contributed by atoms with van der Waals surface area (Å²) in [5, 5.41) is 5.45. The number of halogens is 1. The van der Waals surface area contributed by atoms with Gasteiger partial charge in [-0.15, -0.1) is 0 Å². The van der Waals surface area contributed by atoms with Crippen LogP contribution in [0, 0.1) is 6.92 Å². The fourth-order valence-corrected chi connectivity index (χ4v) is 4.58. The molecule has 0 saturated carbocycles. The summed E-state index contributed by atoms with van der Waals surface area (Å²) in [6, 6.07) is 37.8. The van der Waals surface area contributed by atoms with Crippen LogP contribution >= 0.6 is 11.6 Å². The van der Waals surface area contributed by atoms with Crippen LogP contribution in [0.2, 0.25) is 5.02 Å². The van der Waals surface area contributed by atoms with E-state index in [1.165, 1.54) is 5.56 Å². The van der Waals surface area contributed by atoms with Crippen molar-refractivity contribution in [2.24, 2.45) is 0 Å². The molecule has 0 unspecified atom stereocenters. The fraction of sp³-hybridized carbons (Fsp3) is 0.125. The minimum atomic E-state index is -0.0776. The molecule has 0 radical (unpaired) electrons. The Balaban J connectivity index is 1.55. The number of aromatic nitrogens is 2. The second-order valence-corrected chi connectivity index (χ2v) is 9.50. The molecular formula is C32H28ClN3O. The Kier molecular flexibility index (Phi) is 7.48. The smallest absolute Gasteiger partial charge is 0.272 e. The molecule has 4 aromatic carbocycles. The lowest BCUT2D eigenvalue weighted by atomic mass is 10.1. The van der Waals surface area contributed by atoms with E-state index in [-0.39, 0.29) is 5.91 Å². The standard InChI is InChI=1S/C32H28ClN3O/c1-24-16-18-27(19-17-24)36-31(22-30(34-36)28-14-8-9-15-29(28)33)32(37)35(23-26-12-6-3-7-13-26)21-20-25-10-4-2-5-11-25/h2-19,22H,20-21,23H2,1H3. The molecule has 5 aromatic rings. The Bertz CT molecular complexity index is 1480. The third kappa shape index (κ3) is 5.82. The predicted octanol–water partition coefficient (Wildman–Crippen LogP) is 7.39. The van der Waals surface area contributed by atoms with Crippen LogP contribution < -0.4 is 0 Å². The van der Waals surface area contributed by atoms with Gasteiger partial charge in [0.25, 0.3) is 5.91 Å². The third-order valence-electron chi connectivity index (χ3n) is 6.37. The van der Waals surface area contributed by atoms with Crippen molar-refractivity contribution in [2.45, 2.75) is 19.9 Å². The van der Waals surface area contributed by atoms with E-state index in [1.807, 2.05) is 103 Å². The molecule has 1 heterocycles. The van der Waals surface area contributed by atoms with E-state index in [1.54, 1.807) is 4.68 Å². The highest BCUT2D eigenvalue weighted by molar-refractivity contribution is 6.33. The number of benzene rings is 4. The molecule has 0 N–H and O–H groups in total. The normalized spacial score (nSPS) is 10.9. The van der Waals surface area contributed by atoms with Crippen LogP contribution in [0.4, 0.5) is 0 Å². The van der Waals surface area contributed by atoms with Gasteiger partial charge in [0.05, 0.1) is 16.4 Å². The molecule has 4 nitrogen and oxygen atoms in total. The van der Waals surface area contributed by atoms with Crippen molar-refractivity contribution < 1.29 is 4.79 Å². The lowest BCUT2D eigenvalue weighted by Crippen LogP contribution is -2.34. The topological polar surface area (TPSA) is 38.1 Å². The van der Waals surface area contributed by atoms with Gasteiger partial charge in [0.1, 0.15) is 5.69 Å². The number of hydrogen-bond donors (Lipinski definition) is 0. The number of hydrogen-bond acceptors (Lipinski definition) is 2. The zero-order valence-corrected chi connectivity index (χ0v) is 21.5. The van der Waals surface area contributed by atoms with Crippen LogP contribution in [-0.4, -0.2) is 27.1 Å². The maximum Gasteiger partial charge on any atom is 0.272 e. The van der Waals surface area contributed by atoms with Crippen molar-refractivity contribution in [1.29, 1.82) is 0 Å². The first-order valence-corrected chi connectivity index (χ1v) is 12.8. The number of carbonyl (C=O) groups excluding carboxylic acids is 1. The molecule has 0 atom stereocenters. The van der Waals surface area contributed by atoms with E-state index >= 15 is 0 Å². The largest absolute Gasteiger partial charge is 0.333 e. The highest BCUT2D eigenvalue weighted by atomic mass is 35.5. The van der Waals surface area contributed by atoms with E-state index < -0.39 is 0 Å². The van der Waals surface area contributed by atoms with E-state index in [0.717, 1.165) is 28.8 Å². The molecule has 5 rings (SSSR count). The summed E-state index contributed by atoms with van der Waals surface area (Å²) >= 11 is 6.51. The van der Waals surface area contributed by atoms with Gasteiger partial charge < -0.3 is 4.90 Å². The van der Waals surface area contributed by atoms with Gasteiger partial charge in [-0.25, -0.2) is 4.68 Å². The molecule has 0 aliphatic carbocycles. The van der Waals surface area contributed by atoms with Crippen LogP contribution in [0.5, 0.6) is 0 Å². The number of carbonyl (C=O) groups is 1. The maximum absolute atomic E-state index is 14.2. The third-order valence-corrected chi connectivity index (χ3v) is 6.70. The summed E-state index contributed by atoms with van der Waals surface area (Å²) < 4.78 is 1.74. The molecule has 1 aromatic heterocycles. The molecule has 37 heavy (non-hydrogen) atoms. The Labute approximate surface area is 222 Å². The van der Waals surface area contributed by atoms with Crippen molar-refractivity contribution >= 4 is 17.5 Å². The summed E-state index contributed by atoms with van der Waals surface area (Å²) in [6.45, 7) is 3.13. The van der Waals surface area contributed by atoms with Crippen LogP contribution in [0.1, 0.15) is 27.2 Å². The Hall–Kier alpha value is -4.15. The van der Waals surface area contributed by atoms with E-state index in [9.17, 15) is 4.79 Å². The van der Waals surface area contributed by atoms with Crippen LogP contribution in [0.3, 0.4) is 0 Å². The Morgan fingerprint density at radius 1 is 0.811 bits per heavy atom. The Morgan fingerprint density at radius 3 is 2.11 bits per heavy atom. The van der Waals surface area contributed by atoms with Crippen molar-refractivity contribution in [3.8, 4) is 16.9 Å². The van der Waals surface area contributed by atoms with E-state index in [2.05, 4.69) is 24.3 Å². The number of rotatable bonds is 8. The fourth-order valence-electron chi connectivity index (χ4n) is 4.34. The van der Waals surface area contributed by atoms with E-state index in [0.29, 0.717) is 29.5 Å². The molecule has 0 fully saturated rings. The summed E-state index contributed by atoms with van der Waals surface area (Å²) in [4.78, 5) is 16.1. The molecular weight excluding hydrogens is 478 g/mol. The second-order valence-electron chi connectivity index (χ2n) is 9.09. The average Bonchev–Trinajstić information content (AvgIpc) is 3.37. The molecule has 0 spiro atoms. The van der Waals surface area contributed by atoms with E-state index in [4.69, 9.17) is 16.7 Å². The Morgan fingerprint density at radius 2 is 1.43 bits per heavy atom. The van der Waals surface area contributed by atoms with Crippen molar-refractivity contribution in [2.75, 3.05) is 6.54 Å². The quantitative estimate of drug-likeness (QED) is 0.220. The monoisotopic (exact) mass is 505 g/mol. The van der Waals surface area contributed by atoms with Gasteiger partial charge in [-0.05, 0) is 48.7 Å². The SMILES string of the molecule is Cc1ccc(-n2nc(-c3ccccc3Cl)cc2C(=O)N(CCc2ccccc2)Cc2ccccc2)cc1. The number of amides is 1. The van der Waals surface area contributed by atoms with Gasteiger partial charge in [-0.2, -0.15) is 5.10 Å². The zero-order chi connectivity index (χ0) is 25.6. The van der Waals surface area contributed by atoms with Gasteiger partial charge in [-0.1, -0.05) is 108 Å². The van der Waals surface area contributed by atoms with Gasteiger partial charge in [0.15, 0.2) is 0 Å². The minimum absolute atomic E-state index is 0.0776. The molecule has 0 bridgehead atoms. The van der Waals surface area contributed by atoms with Crippen molar-refractivity contribution in [3.05, 3.63) is 143 Å². The van der Waals surface area contributed by atoms with Crippen LogP contribution in [0.25, 0.3) is 16.9 Å². The summed E-state index contributed by atoms with van der Waals surface area (Å²) in [5.41, 5.74) is 6.20. The van der Waals surface area contributed by atoms with Gasteiger partial charge in [0.2, 0.25) is 0 Å². The lowest BCUT2D eigenvalue weighted by molar-refractivity contribution is 0.0736. The lowest BCUT2D eigenvalue weighted by Gasteiger charge is -2.23. The summed E-state index contributed by atoms with van der Waals surface area (Å²) in [7, 11) is 0. The molecule has 0 aliphatic heterocycles. The first kappa shape index (κ1) is 24.5. The average molecular weight is 506 g/mol. The molecule has 0 aliphatic rings. The maximum atomic E-state index is 14.2. The summed E-state index contributed by atoms with van der Waals surface area (Å²) in [6.07, 6.45) is 0.759.